The number of aromatic nitrogens is 2. The SMILES string of the molecule is COc1ccc(Cl)cc1Nc1cnc(C(=O)NCc2ccccc2C)cn1. The van der Waals surface area contributed by atoms with Crippen LogP contribution in [0, 0.1) is 6.92 Å². The number of aryl methyl sites for hydroxylation is 1. The highest BCUT2D eigenvalue weighted by atomic mass is 35.5. The summed E-state index contributed by atoms with van der Waals surface area (Å²) in [6, 6.07) is 13.1. The first-order valence-electron chi connectivity index (χ1n) is 8.32. The quantitative estimate of drug-likeness (QED) is 0.670. The van der Waals surface area contributed by atoms with E-state index in [9.17, 15) is 4.79 Å². The molecular weight excluding hydrogens is 364 g/mol. The van der Waals surface area contributed by atoms with E-state index in [0.29, 0.717) is 28.8 Å². The van der Waals surface area contributed by atoms with Gasteiger partial charge in [-0.25, -0.2) is 9.97 Å². The Hall–Kier alpha value is -3.12. The molecule has 138 valence electrons. The fourth-order valence-electron chi connectivity index (χ4n) is 2.50. The van der Waals surface area contributed by atoms with Gasteiger partial charge in [-0.2, -0.15) is 0 Å². The predicted molar refractivity (Wildman–Crippen MR) is 106 cm³/mol. The molecule has 0 aliphatic carbocycles. The van der Waals surface area contributed by atoms with Crippen LogP contribution in [0.2, 0.25) is 5.02 Å². The van der Waals surface area contributed by atoms with E-state index in [2.05, 4.69) is 20.6 Å². The standard InChI is InChI=1S/C20H19ClN4O2/c1-13-5-3-4-6-14(13)10-24-20(26)17-11-23-19(12-22-17)25-16-9-15(21)7-8-18(16)27-2/h3-9,11-12H,10H2,1-2H3,(H,23,25)(H,24,26). The molecule has 2 N–H and O–H groups in total. The molecule has 0 unspecified atom stereocenters. The van der Waals surface area contributed by atoms with Gasteiger partial charge in [-0.1, -0.05) is 35.9 Å². The number of hydrogen-bond donors (Lipinski definition) is 2. The number of ether oxygens (including phenoxy) is 1. The van der Waals surface area contributed by atoms with E-state index in [1.807, 2.05) is 31.2 Å². The Labute approximate surface area is 162 Å². The average Bonchev–Trinajstić information content (AvgIpc) is 2.68. The van der Waals surface area contributed by atoms with Crippen molar-refractivity contribution in [2.45, 2.75) is 13.5 Å². The second kappa shape index (κ2) is 8.51. The molecule has 0 spiro atoms. The van der Waals surface area contributed by atoms with Gasteiger partial charge in [0.1, 0.15) is 17.3 Å². The molecule has 0 radical (unpaired) electrons. The van der Waals surface area contributed by atoms with Gasteiger partial charge in [-0.05, 0) is 36.2 Å². The lowest BCUT2D eigenvalue weighted by molar-refractivity contribution is 0.0945. The molecule has 3 aromatic rings. The molecular formula is C20H19ClN4O2. The largest absolute Gasteiger partial charge is 0.495 e. The first kappa shape index (κ1) is 18.7. The van der Waals surface area contributed by atoms with Crippen LogP contribution in [0.25, 0.3) is 0 Å². The molecule has 0 bridgehead atoms. The second-order valence-corrected chi connectivity index (χ2v) is 6.30. The van der Waals surface area contributed by atoms with Crippen molar-refractivity contribution in [1.29, 1.82) is 0 Å². The van der Waals surface area contributed by atoms with Gasteiger partial charge in [-0.15, -0.1) is 0 Å². The van der Waals surface area contributed by atoms with Crippen molar-refractivity contribution < 1.29 is 9.53 Å². The Morgan fingerprint density at radius 2 is 1.96 bits per heavy atom. The molecule has 3 rings (SSSR count). The molecule has 1 aromatic heterocycles. The number of anilines is 2. The van der Waals surface area contributed by atoms with E-state index in [-0.39, 0.29) is 11.6 Å². The zero-order valence-corrected chi connectivity index (χ0v) is 15.7. The summed E-state index contributed by atoms with van der Waals surface area (Å²) in [5.41, 5.74) is 3.09. The summed E-state index contributed by atoms with van der Waals surface area (Å²) >= 11 is 6.02. The molecule has 2 aromatic carbocycles. The molecule has 6 nitrogen and oxygen atoms in total. The first-order valence-corrected chi connectivity index (χ1v) is 8.70. The van der Waals surface area contributed by atoms with Gasteiger partial charge in [-0.3, -0.25) is 4.79 Å². The number of methoxy groups -OCH3 is 1. The highest BCUT2D eigenvalue weighted by Crippen LogP contribution is 2.29. The van der Waals surface area contributed by atoms with Crippen molar-refractivity contribution in [2.24, 2.45) is 0 Å². The van der Waals surface area contributed by atoms with Gasteiger partial charge in [0.15, 0.2) is 0 Å². The summed E-state index contributed by atoms with van der Waals surface area (Å²) in [5.74, 6) is 0.824. The Morgan fingerprint density at radius 1 is 1.15 bits per heavy atom. The van der Waals surface area contributed by atoms with Crippen molar-refractivity contribution in [3.05, 3.63) is 76.7 Å². The van der Waals surface area contributed by atoms with Gasteiger partial charge >= 0.3 is 0 Å². The Morgan fingerprint density at radius 3 is 2.67 bits per heavy atom. The summed E-state index contributed by atoms with van der Waals surface area (Å²) in [5, 5.41) is 6.50. The van der Waals surface area contributed by atoms with E-state index in [4.69, 9.17) is 16.3 Å². The highest BCUT2D eigenvalue weighted by molar-refractivity contribution is 6.31. The van der Waals surface area contributed by atoms with Gasteiger partial charge in [0.25, 0.3) is 5.91 Å². The minimum atomic E-state index is -0.280. The summed E-state index contributed by atoms with van der Waals surface area (Å²) < 4.78 is 5.28. The fourth-order valence-corrected chi connectivity index (χ4v) is 2.67. The van der Waals surface area contributed by atoms with Crippen LogP contribution in [0.1, 0.15) is 21.6 Å². The molecule has 1 amide bonds. The third kappa shape index (κ3) is 4.74. The maximum atomic E-state index is 12.3. The highest BCUT2D eigenvalue weighted by Gasteiger charge is 2.10. The zero-order chi connectivity index (χ0) is 19.2. The Kier molecular flexibility index (Phi) is 5.88. The molecule has 7 heteroatoms. The van der Waals surface area contributed by atoms with E-state index >= 15 is 0 Å². The molecule has 0 saturated heterocycles. The minimum absolute atomic E-state index is 0.243. The van der Waals surface area contributed by atoms with Crippen molar-refractivity contribution >= 4 is 29.0 Å². The summed E-state index contributed by atoms with van der Waals surface area (Å²) in [7, 11) is 1.57. The normalized spacial score (nSPS) is 10.3. The summed E-state index contributed by atoms with van der Waals surface area (Å²) in [4.78, 5) is 20.7. The van der Waals surface area contributed by atoms with Crippen LogP contribution in [0.3, 0.4) is 0 Å². The van der Waals surface area contributed by atoms with Crippen LogP contribution < -0.4 is 15.4 Å². The van der Waals surface area contributed by atoms with Gasteiger partial charge in [0, 0.05) is 11.6 Å². The average molecular weight is 383 g/mol. The molecule has 0 atom stereocenters. The molecule has 27 heavy (non-hydrogen) atoms. The number of nitrogens with one attached hydrogen (secondary N) is 2. The van der Waals surface area contributed by atoms with Gasteiger partial charge < -0.3 is 15.4 Å². The van der Waals surface area contributed by atoms with E-state index < -0.39 is 0 Å². The summed E-state index contributed by atoms with van der Waals surface area (Å²) in [6.07, 6.45) is 2.91. The first-order chi connectivity index (χ1) is 13.1. The maximum absolute atomic E-state index is 12.3. The monoisotopic (exact) mass is 382 g/mol. The number of rotatable bonds is 6. The van der Waals surface area contributed by atoms with Crippen LogP contribution in [0.5, 0.6) is 5.75 Å². The Bertz CT molecular complexity index is 945. The van der Waals surface area contributed by atoms with Gasteiger partial charge in [0.2, 0.25) is 0 Å². The molecule has 0 aliphatic rings. The third-order valence-electron chi connectivity index (χ3n) is 4.01. The molecule has 1 heterocycles. The lowest BCUT2D eigenvalue weighted by atomic mass is 10.1. The van der Waals surface area contributed by atoms with Crippen LogP contribution in [0.15, 0.2) is 54.9 Å². The number of benzene rings is 2. The predicted octanol–water partition coefficient (Wildman–Crippen LogP) is 4.12. The maximum Gasteiger partial charge on any atom is 0.271 e. The van der Waals surface area contributed by atoms with E-state index in [1.165, 1.54) is 12.4 Å². The van der Waals surface area contributed by atoms with Crippen molar-refractivity contribution in [1.82, 2.24) is 15.3 Å². The summed E-state index contributed by atoms with van der Waals surface area (Å²) in [6.45, 7) is 2.44. The molecule has 0 fully saturated rings. The van der Waals surface area contributed by atoms with E-state index in [0.717, 1.165) is 11.1 Å². The minimum Gasteiger partial charge on any atom is -0.495 e. The van der Waals surface area contributed by atoms with Crippen molar-refractivity contribution in [3.8, 4) is 5.75 Å². The fraction of sp³-hybridized carbons (Fsp3) is 0.150. The number of carbonyl (C=O) groups is 1. The van der Waals surface area contributed by atoms with Crippen molar-refractivity contribution in [2.75, 3.05) is 12.4 Å². The number of amides is 1. The van der Waals surface area contributed by atoms with Crippen LogP contribution in [-0.4, -0.2) is 23.0 Å². The number of carbonyl (C=O) groups excluding carboxylic acids is 1. The lowest BCUT2D eigenvalue weighted by Crippen LogP contribution is -2.24. The number of halogens is 1. The van der Waals surface area contributed by atoms with E-state index in [1.54, 1.807) is 25.3 Å². The second-order valence-electron chi connectivity index (χ2n) is 5.87. The topological polar surface area (TPSA) is 76.1 Å². The van der Waals surface area contributed by atoms with Crippen LogP contribution in [0.4, 0.5) is 11.5 Å². The third-order valence-corrected chi connectivity index (χ3v) is 4.24. The van der Waals surface area contributed by atoms with Crippen molar-refractivity contribution in [3.63, 3.8) is 0 Å². The smallest absolute Gasteiger partial charge is 0.271 e. The molecule has 0 saturated carbocycles. The number of nitrogens with zero attached hydrogens (tertiary/aromatic N) is 2. The molecule has 0 aliphatic heterocycles. The van der Waals surface area contributed by atoms with Crippen LogP contribution >= 0.6 is 11.6 Å². The lowest BCUT2D eigenvalue weighted by Gasteiger charge is -2.11. The zero-order valence-electron chi connectivity index (χ0n) is 15.0. The number of hydrogen-bond acceptors (Lipinski definition) is 5. The Balaban J connectivity index is 1.65. The van der Waals surface area contributed by atoms with Crippen LogP contribution in [-0.2, 0) is 6.54 Å². The van der Waals surface area contributed by atoms with Gasteiger partial charge in [0.05, 0.1) is 25.2 Å².